The van der Waals surface area contributed by atoms with E-state index in [0.717, 1.165) is 12.8 Å². The highest BCUT2D eigenvalue weighted by atomic mass is 16.3. The van der Waals surface area contributed by atoms with Crippen LogP contribution in [0.1, 0.15) is 45.4 Å². The Hall–Kier alpha value is -1.07. The van der Waals surface area contributed by atoms with E-state index < -0.39 is 6.10 Å². The lowest BCUT2D eigenvalue weighted by atomic mass is 10.1. The van der Waals surface area contributed by atoms with Crippen LogP contribution in [0.3, 0.4) is 0 Å². The van der Waals surface area contributed by atoms with Gasteiger partial charge in [-0.2, -0.15) is 0 Å². The van der Waals surface area contributed by atoms with Crippen molar-refractivity contribution in [3.63, 3.8) is 0 Å². The smallest absolute Gasteiger partial charge is 0.173 e. The van der Waals surface area contributed by atoms with Crippen LogP contribution in [0.2, 0.25) is 0 Å². The van der Waals surface area contributed by atoms with Crippen LogP contribution in [-0.2, 0) is 4.79 Å². The van der Waals surface area contributed by atoms with Gasteiger partial charge in [-0.05, 0) is 12.5 Å². The van der Waals surface area contributed by atoms with E-state index in [2.05, 4.69) is 18.8 Å². The van der Waals surface area contributed by atoms with Gasteiger partial charge >= 0.3 is 0 Å². The van der Waals surface area contributed by atoms with Crippen molar-refractivity contribution >= 4 is 5.78 Å². The van der Waals surface area contributed by atoms with Gasteiger partial charge < -0.3 is 5.11 Å². The fraction of sp³-hybridized carbons (Fsp3) is 0.615. The molecule has 82 valence electrons. The molecule has 2 nitrogen and oxygen atoms in total. The Morgan fingerprint density at radius 1 is 1.47 bits per heavy atom. The first-order valence-electron chi connectivity index (χ1n) is 5.66. The average molecular weight is 206 g/mol. The number of carbonyl (C=O) groups excluding carboxylic acids is 1. The molecule has 0 bridgehead atoms. The lowest BCUT2D eigenvalue weighted by molar-refractivity contribution is -0.115. The molecule has 1 N–H and O–H groups in total. The summed E-state index contributed by atoms with van der Waals surface area (Å²) in [6.07, 6.45) is 6.79. The number of hydrogen-bond acceptors (Lipinski definition) is 2. The minimum absolute atomic E-state index is 0.0245. The second kappa shape index (κ2) is 6.42. The van der Waals surface area contributed by atoms with Crippen LogP contribution >= 0.6 is 0 Å². The van der Waals surface area contributed by atoms with E-state index >= 15 is 0 Å². The van der Waals surface area contributed by atoms with Crippen molar-refractivity contribution in [3.8, 4) is 11.8 Å². The van der Waals surface area contributed by atoms with Crippen molar-refractivity contribution in [2.75, 3.05) is 0 Å². The van der Waals surface area contributed by atoms with Crippen LogP contribution in [0.15, 0.2) is 11.6 Å². The monoisotopic (exact) mass is 206 g/mol. The third-order valence-electron chi connectivity index (χ3n) is 2.43. The van der Waals surface area contributed by atoms with Crippen molar-refractivity contribution in [2.45, 2.75) is 51.6 Å². The molecule has 0 aromatic carbocycles. The summed E-state index contributed by atoms with van der Waals surface area (Å²) in [4.78, 5) is 11.2. The number of ketones is 1. The molecule has 1 atom stereocenters. The number of carbonyl (C=O) groups is 1. The van der Waals surface area contributed by atoms with Gasteiger partial charge in [0.05, 0.1) is 11.7 Å². The van der Waals surface area contributed by atoms with Crippen LogP contribution < -0.4 is 0 Å². The summed E-state index contributed by atoms with van der Waals surface area (Å²) in [6.45, 7) is 2.18. The van der Waals surface area contributed by atoms with Gasteiger partial charge in [-0.1, -0.05) is 38.0 Å². The van der Waals surface area contributed by atoms with E-state index in [-0.39, 0.29) is 12.2 Å². The second-order valence-corrected chi connectivity index (χ2v) is 3.89. The van der Waals surface area contributed by atoms with E-state index in [1.54, 1.807) is 6.08 Å². The second-order valence-electron chi connectivity index (χ2n) is 3.89. The fourth-order valence-electron chi connectivity index (χ4n) is 1.55. The first-order chi connectivity index (χ1) is 7.24. The van der Waals surface area contributed by atoms with Crippen LogP contribution in [-0.4, -0.2) is 17.0 Å². The summed E-state index contributed by atoms with van der Waals surface area (Å²) < 4.78 is 0. The van der Waals surface area contributed by atoms with Gasteiger partial charge in [0.25, 0.3) is 0 Å². The summed E-state index contributed by atoms with van der Waals surface area (Å²) in [5.41, 5.74) is 0.498. The summed E-state index contributed by atoms with van der Waals surface area (Å²) >= 11 is 0. The molecular weight excluding hydrogens is 188 g/mol. The van der Waals surface area contributed by atoms with Gasteiger partial charge in [-0.15, -0.1) is 0 Å². The van der Waals surface area contributed by atoms with Crippen LogP contribution in [0, 0.1) is 11.8 Å². The molecule has 0 aromatic heterocycles. The zero-order valence-electron chi connectivity index (χ0n) is 9.25. The quantitative estimate of drug-likeness (QED) is 0.565. The molecule has 0 heterocycles. The molecule has 1 rings (SSSR count). The first kappa shape index (κ1) is 12.0. The van der Waals surface area contributed by atoms with Crippen LogP contribution in [0.25, 0.3) is 0 Å². The molecule has 0 aliphatic heterocycles. The number of unbranched alkanes of at least 4 members (excludes halogenated alkanes) is 4. The first-order valence-corrected chi connectivity index (χ1v) is 5.66. The lowest BCUT2D eigenvalue weighted by Gasteiger charge is -1.92. The molecule has 1 unspecified atom stereocenters. The fourth-order valence-corrected chi connectivity index (χ4v) is 1.55. The molecule has 1 aliphatic rings. The van der Waals surface area contributed by atoms with Crippen molar-refractivity contribution in [1.29, 1.82) is 0 Å². The van der Waals surface area contributed by atoms with Gasteiger partial charge in [0.15, 0.2) is 5.78 Å². The van der Waals surface area contributed by atoms with Crippen molar-refractivity contribution in [3.05, 3.63) is 11.6 Å². The minimum atomic E-state index is -0.609. The van der Waals surface area contributed by atoms with E-state index in [9.17, 15) is 9.90 Å². The standard InChI is InChI=1S/C13H18O2/c1-2-3-4-5-6-7-8-11-9-12(14)10-13(11)15/h9,12,14H,2-6,10H2,1H3. The van der Waals surface area contributed by atoms with Gasteiger partial charge in [-0.3, -0.25) is 4.79 Å². The molecule has 0 spiro atoms. The van der Waals surface area contributed by atoms with E-state index in [4.69, 9.17) is 0 Å². The molecule has 15 heavy (non-hydrogen) atoms. The highest BCUT2D eigenvalue weighted by Gasteiger charge is 2.20. The highest BCUT2D eigenvalue weighted by Crippen LogP contribution is 2.13. The number of allylic oxidation sites excluding steroid dienone is 1. The van der Waals surface area contributed by atoms with Crippen molar-refractivity contribution < 1.29 is 9.90 Å². The Bertz CT molecular complexity index is 304. The third kappa shape index (κ3) is 4.31. The highest BCUT2D eigenvalue weighted by molar-refractivity contribution is 6.02. The molecule has 0 aromatic rings. The molecule has 0 amide bonds. The number of rotatable bonds is 4. The summed E-state index contributed by atoms with van der Waals surface area (Å²) in [6, 6.07) is 0. The van der Waals surface area contributed by atoms with Gasteiger partial charge in [0.2, 0.25) is 0 Å². The Morgan fingerprint density at radius 3 is 2.87 bits per heavy atom. The Labute approximate surface area is 91.4 Å². The van der Waals surface area contributed by atoms with E-state index in [1.807, 2.05) is 0 Å². The molecule has 0 radical (unpaired) electrons. The Morgan fingerprint density at radius 2 is 2.27 bits per heavy atom. The molecule has 0 fully saturated rings. The Balaban J connectivity index is 2.26. The molecular formula is C13H18O2. The van der Waals surface area contributed by atoms with Crippen LogP contribution in [0.4, 0.5) is 0 Å². The summed E-state index contributed by atoms with van der Waals surface area (Å²) in [5, 5.41) is 9.18. The minimum Gasteiger partial charge on any atom is -0.389 e. The maximum Gasteiger partial charge on any atom is 0.173 e. The third-order valence-corrected chi connectivity index (χ3v) is 2.43. The number of Topliss-reactive ketones (excluding diaryl/α,β-unsaturated/α-hetero) is 1. The predicted molar refractivity (Wildman–Crippen MR) is 60.2 cm³/mol. The molecule has 1 aliphatic carbocycles. The van der Waals surface area contributed by atoms with E-state index in [1.165, 1.54) is 19.3 Å². The van der Waals surface area contributed by atoms with Gasteiger partial charge in [-0.25, -0.2) is 0 Å². The maximum atomic E-state index is 11.2. The number of aliphatic hydroxyl groups is 1. The Kier molecular flexibility index (Phi) is 5.14. The number of hydrogen-bond donors (Lipinski definition) is 1. The molecule has 2 heteroatoms. The zero-order valence-corrected chi connectivity index (χ0v) is 9.25. The molecule has 0 saturated heterocycles. The van der Waals surface area contributed by atoms with Crippen LogP contribution in [0.5, 0.6) is 0 Å². The molecule has 0 saturated carbocycles. The van der Waals surface area contributed by atoms with E-state index in [0.29, 0.717) is 5.57 Å². The topological polar surface area (TPSA) is 37.3 Å². The lowest BCUT2D eigenvalue weighted by Crippen LogP contribution is -2.00. The number of aliphatic hydroxyl groups excluding tert-OH is 1. The van der Waals surface area contributed by atoms with Gasteiger partial charge in [0, 0.05) is 12.8 Å². The summed E-state index contributed by atoms with van der Waals surface area (Å²) in [7, 11) is 0. The zero-order chi connectivity index (χ0) is 11.1. The maximum absolute atomic E-state index is 11.2. The van der Waals surface area contributed by atoms with Gasteiger partial charge in [0.1, 0.15) is 0 Å². The van der Waals surface area contributed by atoms with Crippen molar-refractivity contribution in [1.82, 2.24) is 0 Å². The normalized spacial score (nSPS) is 19.7. The largest absolute Gasteiger partial charge is 0.389 e. The van der Waals surface area contributed by atoms with Crippen molar-refractivity contribution in [2.24, 2.45) is 0 Å². The SMILES string of the molecule is CCCCCCC#CC1=CC(O)CC1=O. The average Bonchev–Trinajstić information content (AvgIpc) is 2.51. The summed E-state index contributed by atoms with van der Waals surface area (Å²) in [5.74, 6) is 5.80. The predicted octanol–water partition coefficient (Wildman–Crippen LogP) is 2.22.